The van der Waals surface area contributed by atoms with E-state index in [9.17, 15) is 9.28 Å². The zero-order chi connectivity index (χ0) is 9.68. The third kappa shape index (κ3) is 3.30. The molecule has 0 bridgehead atoms. The van der Waals surface area contributed by atoms with Crippen molar-refractivity contribution in [3.8, 4) is 0 Å². The molecular weight excluding hydrogens is 173 g/mol. The number of halogens is 1. The van der Waals surface area contributed by atoms with Crippen LogP contribution in [0.25, 0.3) is 0 Å². The molecule has 1 atom stereocenters. The van der Waals surface area contributed by atoms with Crippen LogP contribution in [0.15, 0.2) is 0 Å². The minimum atomic E-state index is -0.845. The number of esters is 1. The predicted octanol–water partition coefficient (Wildman–Crippen LogP) is 1.72. The number of nitrogens with one attached hydrogen (secondary N) is 1. The van der Waals surface area contributed by atoms with Gasteiger partial charge in [0.2, 0.25) is 0 Å². The molecule has 1 unspecified atom stereocenters. The Bertz CT molecular complexity index is 169. The molecular formula is C9H16FNO2. The molecule has 0 aromatic rings. The molecule has 0 aliphatic heterocycles. The zero-order valence-corrected chi connectivity index (χ0v) is 7.88. The van der Waals surface area contributed by atoms with Crippen molar-refractivity contribution >= 4 is 5.97 Å². The molecule has 1 N–H and O–H groups in total. The maximum absolute atomic E-state index is 11.8. The first-order valence-corrected chi connectivity index (χ1v) is 4.80. The fourth-order valence-electron chi connectivity index (χ4n) is 1.49. The Morgan fingerprint density at radius 1 is 1.46 bits per heavy atom. The van der Waals surface area contributed by atoms with Gasteiger partial charge in [-0.05, 0) is 32.6 Å². The van der Waals surface area contributed by atoms with Gasteiger partial charge >= 0.3 is 5.97 Å². The van der Waals surface area contributed by atoms with Crippen LogP contribution in [-0.2, 0) is 9.53 Å². The van der Waals surface area contributed by atoms with Gasteiger partial charge in [-0.2, -0.15) is 0 Å². The summed E-state index contributed by atoms with van der Waals surface area (Å²) in [7, 11) is 0. The molecule has 1 aliphatic carbocycles. The van der Waals surface area contributed by atoms with Crippen LogP contribution >= 0.6 is 0 Å². The summed E-state index contributed by atoms with van der Waals surface area (Å²) in [5.74, 6) is -0.491. The lowest BCUT2D eigenvalue weighted by molar-refractivity contribution is -0.153. The fourth-order valence-corrected chi connectivity index (χ4v) is 1.49. The molecule has 1 fully saturated rings. The van der Waals surface area contributed by atoms with E-state index in [1.54, 1.807) is 0 Å². The first-order chi connectivity index (χ1) is 6.24. The van der Waals surface area contributed by atoms with Crippen molar-refractivity contribution < 1.29 is 14.0 Å². The quantitative estimate of drug-likeness (QED) is 0.542. The first-order valence-electron chi connectivity index (χ1n) is 4.80. The van der Waals surface area contributed by atoms with E-state index in [1.165, 1.54) is 18.9 Å². The third-order valence-corrected chi connectivity index (χ3v) is 2.35. The van der Waals surface area contributed by atoms with E-state index in [0.29, 0.717) is 0 Å². The number of carbonyl (C=O) groups is 1. The molecule has 1 saturated carbocycles. The van der Waals surface area contributed by atoms with Crippen LogP contribution in [0.4, 0.5) is 4.48 Å². The summed E-state index contributed by atoms with van der Waals surface area (Å²) in [4.78, 5) is 11.1. The van der Waals surface area contributed by atoms with Crippen LogP contribution in [0.2, 0.25) is 0 Å². The van der Waals surface area contributed by atoms with Gasteiger partial charge in [-0.3, -0.25) is 4.79 Å². The van der Waals surface area contributed by atoms with Crippen molar-refractivity contribution in [1.29, 1.82) is 0 Å². The standard InChI is InChI=1S/C9H16FNO2/c1-7(11-10)9(12)13-8-5-3-2-4-6-8/h7-8,11H,2-6H2,1H3. The summed E-state index contributed by atoms with van der Waals surface area (Å²) >= 11 is 0. The van der Waals surface area contributed by atoms with Crippen LogP contribution in [0.3, 0.4) is 0 Å². The highest BCUT2D eigenvalue weighted by atomic mass is 19.2. The minimum Gasteiger partial charge on any atom is -0.461 e. The molecule has 0 aromatic heterocycles. The van der Waals surface area contributed by atoms with Crippen LogP contribution < -0.4 is 5.54 Å². The normalized spacial score (nSPS) is 21.1. The Morgan fingerprint density at radius 2 is 2.08 bits per heavy atom. The van der Waals surface area contributed by atoms with Gasteiger partial charge in [-0.25, -0.2) is 0 Å². The van der Waals surface area contributed by atoms with E-state index in [-0.39, 0.29) is 6.10 Å². The summed E-state index contributed by atoms with van der Waals surface area (Å²) in [6, 6.07) is -0.845. The average molecular weight is 189 g/mol. The summed E-state index contributed by atoms with van der Waals surface area (Å²) in [6.07, 6.45) is 5.28. The highest BCUT2D eigenvalue weighted by molar-refractivity contribution is 5.75. The molecule has 0 saturated heterocycles. The van der Waals surface area contributed by atoms with E-state index < -0.39 is 12.0 Å². The smallest absolute Gasteiger partial charge is 0.325 e. The van der Waals surface area contributed by atoms with Gasteiger partial charge in [0.25, 0.3) is 0 Å². The van der Waals surface area contributed by atoms with Crippen molar-refractivity contribution in [2.75, 3.05) is 0 Å². The topological polar surface area (TPSA) is 38.3 Å². The maximum atomic E-state index is 11.8. The van der Waals surface area contributed by atoms with E-state index in [2.05, 4.69) is 0 Å². The van der Waals surface area contributed by atoms with E-state index in [4.69, 9.17) is 4.74 Å². The van der Waals surface area contributed by atoms with Crippen LogP contribution in [0.5, 0.6) is 0 Å². The average Bonchev–Trinajstić information content (AvgIpc) is 2.18. The monoisotopic (exact) mass is 189 g/mol. The van der Waals surface area contributed by atoms with Crippen LogP contribution in [0, 0.1) is 0 Å². The molecule has 1 aliphatic rings. The van der Waals surface area contributed by atoms with Gasteiger partial charge in [0.05, 0.1) is 0 Å². The molecule has 13 heavy (non-hydrogen) atoms. The minimum absolute atomic E-state index is 0.0112. The number of hydrogen-bond acceptors (Lipinski definition) is 3. The molecule has 0 amide bonds. The van der Waals surface area contributed by atoms with Crippen molar-refractivity contribution in [1.82, 2.24) is 5.54 Å². The van der Waals surface area contributed by atoms with E-state index in [1.807, 2.05) is 0 Å². The van der Waals surface area contributed by atoms with E-state index >= 15 is 0 Å². The van der Waals surface area contributed by atoms with Crippen LogP contribution in [-0.4, -0.2) is 18.1 Å². The Balaban J connectivity index is 2.26. The SMILES string of the molecule is CC(NF)C(=O)OC1CCCCC1. The molecule has 0 heterocycles. The fraction of sp³-hybridized carbons (Fsp3) is 0.889. The molecule has 0 radical (unpaired) electrons. The largest absolute Gasteiger partial charge is 0.461 e. The predicted molar refractivity (Wildman–Crippen MR) is 46.7 cm³/mol. The summed E-state index contributed by atoms with van der Waals surface area (Å²) < 4.78 is 16.9. The Kier molecular flexibility index (Phi) is 4.15. The van der Waals surface area contributed by atoms with Gasteiger partial charge in [-0.1, -0.05) is 6.42 Å². The molecule has 3 nitrogen and oxygen atoms in total. The number of carbonyl (C=O) groups excluding carboxylic acids is 1. The molecule has 0 spiro atoms. The summed E-state index contributed by atoms with van der Waals surface area (Å²) in [5, 5.41) is 0. The van der Waals surface area contributed by atoms with Crippen molar-refractivity contribution in [3.05, 3.63) is 0 Å². The lowest BCUT2D eigenvalue weighted by Gasteiger charge is -2.22. The van der Waals surface area contributed by atoms with Gasteiger partial charge in [0.15, 0.2) is 0 Å². The third-order valence-electron chi connectivity index (χ3n) is 2.35. The molecule has 4 heteroatoms. The lowest BCUT2D eigenvalue weighted by Crippen LogP contribution is -2.33. The van der Waals surface area contributed by atoms with Gasteiger partial charge < -0.3 is 4.74 Å². The van der Waals surface area contributed by atoms with Gasteiger partial charge in [-0.15, -0.1) is 10.0 Å². The maximum Gasteiger partial charge on any atom is 0.325 e. The molecule has 0 aromatic carbocycles. The van der Waals surface area contributed by atoms with Gasteiger partial charge in [0.1, 0.15) is 12.1 Å². The number of rotatable bonds is 3. The van der Waals surface area contributed by atoms with Crippen LogP contribution in [0.1, 0.15) is 39.0 Å². The Morgan fingerprint density at radius 3 is 2.62 bits per heavy atom. The number of ether oxygens (including phenoxy) is 1. The van der Waals surface area contributed by atoms with Crippen molar-refractivity contribution in [2.45, 2.75) is 51.2 Å². The van der Waals surface area contributed by atoms with Gasteiger partial charge in [0, 0.05) is 0 Å². The second kappa shape index (κ2) is 5.17. The summed E-state index contributed by atoms with van der Waals surface area (Å²) in [6.45, 7) is 1.45. The molecule has 76 valence electrons. The summed E-state index contributed by atoms with van der Waals surface area (Å²) in [5.41, 5.74) is 1.38. The first kappa shape index (κ1) is 10.4. The Hall–Kier alpha value is -0.640. The second-order valence-corrected chi connectivity index (χ2v) is 3.53. The lowest BCUT2D eigenvalue weighted by atomic mass is 9.98. The van der Waals surface area contributed by atoms with Crippen molar-refractivity contribution in [3.63, 3.8) is 0 Å². The highest BCUT2D eigenvalue weighted by Gasteiger charge is 2.21. The number of hydrogen-bond donors (Lipinski definition) is 1. The van der Waals surface area contributed by atoms with Crippen molar-refractivity contribution in [2.24, 2.45) is 0 Å². The zero-order valence-electron chi connectivity index (χ0n) is 7.88. The second-order valence-electron chi connectivity index (χ2n) is 3.53. The molecule has 1 rings (SSSR count). The van der Waals surface area contributed by atoms with E-state index in [0.717, 1.165) is 25.7 Å². The Labute approximate surface area is 77.6 Å². The highest BCUT2D eigenvalue weighted by Crippen LogP contribution is 2.20.